The first kappa shape index (κ1) is 14.9. The van der Waals surface area contributed by atoms with Gasteiger partial charge >= 0.3 is 0 Å². The van der Waals surface area contributed by atoms with Crippen LogP contribution >= 0.6 is 0 Å². The number of benzene rings is 1. The molecule has 0 spiro atoms. The summed E-state index contributed by atoms with van der Waals surface area (Å²) in [5.74, 6) is 0.0223. The molecule has 4 nitrogen and oxygen atoms in total. The van der Waals surface area contributed by atoms with Gasteiger partial charge in [0.15, 0.2) is 0 Å². The van der Waals surface area contributed by atoms with E-state index in [0.717, 1.165) is 41.5 Å². The molecule has 122 valence electrons. The van der Waals surface area contributed by atoms with Crippen molar-refractivity contribution >= 4 is 16.9 Å². The molecule has 0 fully saturated rings. The molecule has 0 saturated carbocycles. The molecule has 3 aromatic rings. The summed E-state index contributed by atoms with van der Waals surface area (Å²) in [6.45, 7) is 0.598. The summed E-state index contributed by atoms with van der Waals surface area (Å²) in [4.78, 5) is 16.5. The fourth-order valence-electron chi connectivity index (χ4n) is 3.40. The molecule has 0 saturated heterocycles. The number of nitrogens with zero attached hydrogens (tertiary/aromatic N) is 1. The Morgan fingerprint density at radius 3 is 2.92 bits per heavy atom. The summed E-state index contributed by atoms with van der Waals surface area (Å²) < 4.78 is 5.66. The number of aryl methyl sites for hydroxylation is 2. The van der Waals surface area contributed by atoms with E-state index in [1.54, 1.807) is 12.5 Å². The van der Waals surface area contributed by atoms with Crippen LogP contribution in [0.1, 0.15) is 28.8 Å². The van der Waals surface area contributed by atoms with Crippen molar-refractivity contribution in [3.05, 3.63) is 65.2 Å². The molecule has 0 unspecified atom stereocenters. The molecule has 1 amide bonds. The van der Waals surface area contributed by atoms with Crippen molar-refractivity contribution in [1.29, 1.82) is 0 Å². The van der Waals surface area contributed by atoms with E-state index < -0.39 is 0 Å². The zero-order valence-corrected chi connectivity index (χ0v) is 13.5. The third kappa shape index (κ3) is 3.04. The van der Waals surface area contributed by atoms with Crippen LogP contribution in [0.2, 0.25) is 0 Å². The Kier molecular flexibility index (Phi) is 4.03. The average Bonchev–Trinajstić information content (AvgIpc) is 3.20. The van der Waals surface area contributed by atoms with Crippen LogP contribution in [-0.2, 0) is 30.5 Å². The second-order valence-electron chi connectivity index (χ2n) is 6.33. The number of hydrogen-bond acceptors (Lipinski definition) is 3. The van der Waals surface area contributed by atoms with Gasteiger partial charge in [-0.3, -0.25) is 9.78 Å². The second-order valence-corrected chi connectivity index (χ2v) is 6.33. The highest BCUT2D eigenvalue weighted by Gasteiger charge is 2.16. The highest BCUT2D eigenvalue weighted by atomic mass is 16.3. The standard InChI is InChI=1S/C20H20N2O2/c23-20(22-9-7-17-6-1-2-8-21-17)12-16-13-24-19-11-15-5-3-4-14(15)10-18(16)19/h1-2,6,8,10-11,13H,3-5,7,9,12H2,(H,22,23). The Hall–Kier alpha value is -2.62. The predicted molar refractivity (Wildman–Crippen MR) is 92.9 cm³/mol. The van der Waals surface area contributed by atoms with Gasteiger partial charge in [-0.1, -0.05) is 6.07 Å². The minimum atomic E-state index is 0.0223. The Morgan fingerprint density at radius 2 is 2.08 bits per heavy atom. The number of carbonyl (C=O) groups is 1. The van der Waals surface area contributed by atoms with Gasteiger partial charge in [0.05, 0.1) is 12.7 Å². The third-order valence-corrected chi connectivity index (χ3v) is 4.65. The minimum Gasteiger partial charge on any atom is -0.464 e. The van der Waals surface area contributed by atoms with Crippen molar-refractivity contribution in [1.82, 2.24) is 10.3 Å². The predicted octanol–water partition coefficient (Wildman–Crippen LogP) is 3.22. The minimum absolute atomic E-state index is 0.0223. The highest BCUT2D eigenvalue weighted by Crippen LogP contribution is 2.30. The van der Waals surface area contributed by atoms with Crippen LogP contribution in [0.5, 0.6) is 0 Å². The lowest BCUT2D eigenvalue weighted by atomic mass is 10.0. The summed E-state index contributed by atoms with van der Waals surface area (Å²) in [5, 5.41) is 4.05. The fraction of sp³-hybridized carbons (Fsp3) is 0.300. The van der Waals surface area contributed by atoms with Crippen LogP contribution in [-0.4, -0.2) is 17.4 Å². The van der Waals surface area contributed by atoms with Crippen molar-refractivity contribution in [2.75, 3.05) is 6.54 Å². The first-order valence-corrected chi connectivity index (χ1v) is 8.48. The van der Waals surface area contributed by atoms with Gasteiger partial charge in [-0.25, -0.2) is 0 Å². The van der Waals surface area contributed by atoms with Crippen molar-refractivity contribution < 1.29 is 9.21 Å². The van der Waals surface area contributed by atoms with Crippen LogP contribution in [0, 0.1) is 0 Å². The second kappa shape index (κ2) is 6.48. The van der Waals surface area contributed by atoms with Gasteiger partial charge in [0.25, 0.3) is 0 Å². The number of carbonyl (C=O) groups excluding carboxylic acids is 1. The zero-order chi connectivity index (χ0) is 16.4. The van der Waals surface area contributed by atoms with E-state index in [-0.39, 0.29) is 5.91 Å². The molecule has 2 heterocycles. The monoisotopic (exact) mass is 320 g/mol. The molecular weight excluding hydrogens is 300 g/mol. The average molecular weight is 320 g/mol. The van der Waals surface area contributed by atoms with Gasteiger partial charge in [0.2, 0.25) is 5.91 Å². The highest BCUT2D eigenvalue weighted by molar-refractivity contribution is 5.88. The summed E-state index contributed by atoms with van der Waals surface area (Å²) in [7, 11) is 0. The summed E-state index contributed by atoms with van der Waals surface area (Å²) in [6.07, 6.45) is 8.07. The molecule has 0 aliphatic heterocycles. The van der Waals surface area contributed by atoms with E-state index in [0.29, 0.717) is 13.0 Å². The smallest absolute Gasteiger partial charge is 0.224 e. The van der Waals surface area contributed by atoms with E-state index in [2.05, 4.69) is 22.4 Å². The molecule has 0 radical (unpaired) electrons. The fourth-order valence-corrected chi connectivity index (χ4v) is 3.40. The van der Waals surface area contributed by atoms with Gasteiger partial charge < -0.3 is 9.73 Å². The Labute approximate surface area is 140 Å². The van der Waals surface area contributed by atoms with Crippen molar-refractivity contribution in [3.8, 4) is 0 Å². The summed E-state index contributed by atoms with van der Waals surface area (Å²) in [6, 6.07) is 10.2. The number of rotatable bonds is 5. The van der Waals surface area contributed by atoms with E-state index in [1.807, 2.05) is 18.2 Å². The molecule has 1 N–H and O–H groups in total. The molecule has 2 aromatic heterocycles. The lowest BCUT2D eigenvalue weighted by Gasteiger charge is -2.05. The van der Waals surface area contributed by atoms with Crippen molar-refractivity contribution in [2.24, 2.45) is 0 Å². The van der Waals surface area contributed by atoms with Gasteiger partial charge in [0, 0.05) is 35.8 Å². The first-order valence-electron chi connectivity index (χ1n) is 8.48. The first-order chi connectivity index (χ1) is 11.8. The Balaban J connectivity index is 1.40. The third-order valence-electron chi connectivity index (χ3n) is 4.65. The SMILES string of the molecule is O=C(Cc1coc2cc3c(cc12)CCC3)NCCc1ccccn1. The quantitative estimate of drug-likeness (QED) is 0.785. The topological polar surface area (TPSA) is 55.1 Å². The van der Waals surface area contributed by atoms with E-state index in [9.17, 15) is 4.79 Å². The number of pyridine rings is 1. The van der Waals surface area contributed by atoms with Crippen LogP contribution in [0.3, 0.4) is 0 Å². The molecule has 0 atom stereocenters. The Bertz CT molecular complexity index is 868. The number of furan rings is 1. The number of nitrogens with one attached hydrogen (secondary N) is 1. The largest absolute Gasteiger partial charge is 0.464 e. The van der Waals surface area contributed by atoms with E-state index in [1.165, 1.54) is 17.5 Å². The summed E-state index contributed by atoms with van der Waals surface area (Å²) in [5.41, 5.74) is 5.65. The lowest BCUT2D eigenvalue weighted by Crippen LogP contribution is -2.27. The number of amides is 1. The van der Waals surface area contributed by atoms with Crippen molar-refractivity contribution in [3.63, 3.8) is 0 Å². The maximum Gasteiger partial charge on any atom is 0.224 e. The maximum absolute atomic E-state index is 12.2. The van der Waals surface area contributed by atoms with Crippen LogP contribution < -0.4 is 5.32 Å². The van der Waals surface area contributed by atoms with Crippen LogP contribution in [0.25, 0.3) is 11.0 Å². The molecular formula is C20H20N2O2. The Morgan fingerprint density at radius 1 is 1.21 bits per heavy atom. The lowest BCUT2D eigenvalue weighted by molar-refractivity contribution is -0.120. The normalized spacial score (nSPS) is 13.2. The van der Waals surface area contributed by atoms with Gasteiger partial charge in [0.1, 0.15) is 5.58 Å². The van der Waals surface area contributed by atoms with Crippen LogP contribution in [0.15, 0.2) is 47.2 Å². The summed E-state index contributed by atoms with van der Waals surface area (Å²) >= 11 is 0. The molecule has 1 aromatic carbocycles. The van der Waals surface area contributed by atoms with Crippen molar-refractivity contribution in [2.45, 2.75) is 32.1 Å². The van der Waals surface area contributed by atoms with Crippen LogP contribution in [0.4, 0.5) is 0 Å². The molecule has 4 rings (SSSR count). The number of fused-ring (bicyclic) bond motifs is 2. The molecule has 0 bridgehead atoms. The van der Waals surface area contributed by atoms with E-state index in [4.69, 9.17) is 4.42 Å². The molecule has 24 heavy (non-hydrogen) atoms. The van der Waals surface area contributed by atoms with Gasteiger partial charge in [-0.05, 0) is 54.7 Å². The van der Waals surface area contributed by atoms with Gasteiger partial charge in [-0.15, -0.1) is 0 Å². The number of hydrogen-bond donors (Lipinski definition) is 1. The molecule has 1 aliphatic carbocycles. The maximum atomic E-state index is 12.2. The van der Waals surface area contributed by atoms with E-state index >= 15 is 0 Å². The molecule has 1 aliphatic rings. The molecule has 4 heteroatoms. The van der Waals surface area contributed by atoms with Gasteiger partial charge in [-0.2, -0.15) is 0 Å². The number of aromatic nitrogens is 1. The zero-order valence-electron chi connectivity index (χ0n) is 13.5.